The van der Waals surface area contributed by atoms with E-state index in [9.17, 15) is 18.0 Å². The lowest BCUT2D eigenvalue weighted by Gasteiger charge is -2.05. The number of sulfonamides is 1. The van der Waals surface area contributed by atoms with Crippen LogP contribution in [-0.2, 0) is 24.3 Å². The van der Waals surface area contributed by atoms with Crippen molar-refractivity contribution in [2.75, 3.05) is 26.5 Å². The summed E-state index contributed by atoms with van der Waals surface area (Å²) in [6, 6.07) is 0. The second-order valence-electron chi connectivity index (χ2n) is 2.99. The van der Waals surface area contributed by atoms with Gasteiger partial charge in [0.05, 0.1) is 19.4 Å². The molecule has 0 heterocycles. The summed E-state index contributed by atoms with van der Waals surface area (Å²) in [5, 5.41) is 2.28. The van der Waals surface area contributed by atoms with Crippen molar-refractivity contribution in [1.29, 1.82) is 0 Å². The van der Waals surface area contributed by atoms with Crippen LogP contribution in [0, 0.1) is 0 Å². The number of likely N-dealkylation sites (N-methyl/N-ethyl adjacent to an activating group) is 1. The molecular formula is C8H16N2O5S. The molecule has 0 fully saturated rings. The SMILES string of the molecule is CNC(=O)CNS(=O)(=O)CCCC(=O)OC. The predicted molar refractivity (Wildman–Crippen MR) is 57.1 cm³/mol. The minimum atomic E-state index is -3.51. The molecule has 0 aliphatic carbocycles. The maximum atomic E-state index is 11.3. The number of amides is 1. The van der Waals surface area contributed by atoms with Gasteiger partial charge in [-0.1, -0.05) is 0 Å². The normalized spacial score (nSPS) is 10.9. The van der Waals surface area contributed by atoms with E-state index in [0.717, 1.165) is 0 Å². The Morgan fingerprint density at radius 3 is 2.44 bits per heavy atom. The second-order valence-corrected chi connectivity index (χ2v) is 4.92. The van der Waals surface area contributed by atoms with Gasteiger partial charge in [-0.3, -0.25) is 9.59 Å². The van der Waals surface area contributed by atoms with Crippen molar-refractivity contribution in [1.82, 2.24) is 10.0 Å². The average Bonchev–Trinajstić information content (AvgIpc) is 2.25. The number of hydrogen-bond donors (Lipinski definition) is 2. The van der Waals surface area contributed by atoms with Gasteiger partial charge < -0.3 is 10.1 Å². The molecule has 0 saturated heterocycles. The van der Waals surface area contributed by atoms with Gasteiger partial charge in [-0.05, 0) is 6.42 Å². The third-order valence-corrected chi connectivity index (χ3v) is 3.16. The number of methoxy groups -OCH3 is 1. The highest BCUT2D eigenvalue weighted by molar-refractivity contribution is 7.89. The van der Waals surface area contributed by atoms with Gasteiger partial charge in [0.1, 0.15) is 0 Å². The third kappa shape index (κ3) is 7.18. The molecule has 16 heavy (non-hydrogen) atoms. The highest BCUT2D eigenvalue weighted by atomic mass is 32.2. The van der Waals surface area contributed by atoms with Crippen LogP contribution < -0.4 is 10.0 Å². The van der Waals surface area contributed by atoms with Crippen molar-refractivity contribution in [3.05, 3.63) is 0 Å². The Morgan fingerprint density at radius 1 is 1.31 bits per heavy atom. The first-order valence-corrected chi connectivity index (χ1v) is 6.31. The van der Waals surface area contributed by atoms with Gasteiger partial charge in [0.2, 0.25) is 15.9 Å². The molecule has 0 radical (unpaired) electrons. The van der Waals surface area contributed by atoms with E-state index in [-0.39, 0.29) is 25.1 Å². The Hall–Kier alpha value is -1.15. The fourth-order valence-electron chi connectivity index (χ4n) is 0.845. The van der Waals surface area contributed by atoms with Crippen LogP contribution in [0.15, 0.2) is 0 Å². The van der Waals surface area contributed by atoms with Crippen molar-refractivity contribution in [3.8, 4) is 0 Å². The zero-order valence-corrected chi connectivity index (χ0v) is 10.1. The zero-order chi connectivity index (χ0) is 12.6. The van der Waals surface area contributed by atoms with Crippen molar-refractivity contribution in [2.45, 2.75) is 12.8 Å². The first kappa shape index (κ1) is 14.8. The maximum absolute atomic E-state index is 11.3. The molecule has 0 aromatic rings. The minimum absolute atomic E-state index is 0.0391. The molecule has 7 nitrogen and oxygen atoms in total. The van der Waals surface area contributed by atoms with E-state index in [1.165, 1.54) is 14.2 Å². The number of rotatable bonds is 7. The van der Waals surface area contributed by atoms with E-state index >= 15 is 0 Å². The third-order valence-electron chi connectivity index (χ3n) is 1.75. The van der Waals surface area contributed by atoms with Crippen molar-refractivity contribution < 1.29 is 22.7 Å². The molecule has 0 bridgehead atoms. The van der Waals surface area contributed by atoms with Crippen molar-refractivity contribution >= 4 is 21.9 Å². The largest absolute Gasteiger partial charge is 0.469 e. The van der Waals surface area contributed by atoms with Gasteiger partial charge in [-0.2, -0.15) is 0 Å². The fraction of sp³-hybridized carbons (Fsp3) is 0.750. The molecule has 0 aromatic carbocycles. The number of carbonyl (C=O) groups is 2. The molecule has 0 saturated carbocycles. The molecule has 0 spiro atoms. The summed E-state index contributed by atoms with van der Waals surface area (Å²) in [5.74, 6) is -1.09. The van der Waals surface area contributed by atoms with Crippen LogP contribution in [0.4, 0.5) is 0 Å². The van der Waals surface area contributed by atoms with Gasteiger partial charge in [-0.25, -0.2) is 13.1 Å². The van der Waals surface area contributed by atoms with E-state index in [1.54, 1.807) is 0 Å². The van der Waals surface area contributed by atoms with Crippen LogP contribution in [0.5, 0.6) is 0 Å². The van der Waals surface area contributed by atoms with E-state index in [1.807, 2.05) is 0 Å². The standard InChI is InChI=1S/C8H16N2O5S/c1-9-7(11)6-10-16(13,14)5-3-4-8(12)15-2/h10H,3-6H2,1-2H3,(H,9,11). The van der Waals surface area contributed by atoms with Crippen LogP contribution >= 0.6 is 0 Å². The van der Waals surface area contributed by atoms with Crippen LogP contribution in [0.3, 0.4) is 0 Å². The molecule has 8 heteroatoms. The second kappa shape index (κ2) is 7.18. The molecule has 0 atom stereocenters. The van der Waals surface area contributed by atoms with Crippen LogP contribution in [0.2, 0.25) is 0 Å². The van der Waals surface area contributed by atoms with Crippen LogP contribution in [0.25, 0.3) is 0 Å². The van der Waals surface area contributed by atoms with Gasteiger partial charge >= 0.3 is 5.97 Å². The Bertz CT molecular complexity index is 338. The highest BCUT2D eigenvalue weighted by Gasteiger charge is 2.12. The average molecular weight is 252 g/mol. The van der Waals surface area contributed by atoms with Gasteiger partial charge in [0, 0.05) is 13.5 Å². The Morgan fingerprint density at radius 2 is 1.94 bits per heavy atom. The van der Waals surface area contributed by atoms with E-state index in [0.29, 0.717) is 0 Å². The first-order chi connectivity index (χ1) is 7.41. The number of hydrogen-bond acceptors (Lipinski definition) is 5. The summed E-state index contributed by atoms with van der Waals surface area (Å²) in [7, 11) is -0.862. The summed E-state index contributed by atoms with van der Waals surface area (Å²) in [6.45, 7) is -0.295. The van der Waals surface area contributed by atoms with Crippen molar-refractivity contribution in [2.24, 2.45) is 0 Å². The van der Waals surface area contributed by atoms with E-state index in [4.69, 9.17) is 0 Å². The molecule has 1 amide bonds. The Kier molecular flexibility index (Phi) is 6.66. The smallest absolute Gasteiger partial charge is 0.305 e. The number of ether oxygens (including phenoxy) is 1. The maximum Gasteiger partial charge on any atom is 0.305 e. The lowest BCUT2D eigenvalue weighted by atomic mass is 10.3. The number of carbonyl (C=O) groups excluding carboxylic acids is 2. The summed E-state index contributed by atoms with van der Waals surface area (Å²) in [5.41, 5.74) is 0. The fourth-order valence-corrected chi connectivity index (χ4v) is 1.86. The van der Waals surface area contributed by atoms with E-state index < -0.39 is 21.9 Å². The van der Waals surface area contributed by atoms with Crippen LogP contribution in [0.1, 0.15) is 12.8 Å². The summed E-state index contributed by atoms with van der Waals surface area (Å²) < 4.78 is 29.0. The van der Waals surface area contributed by atoms with Gasteiger partial charge in [-0.15, -0.1) is 0 Å². The van der Waals surface area contributed by atoms with E-state index in [2.05, 4.69) is 14.8 Å². The lowest BCUT2D eigenvalue weighted by molar-refractivity contribution is -0.140. The minimum Gasteiger partial charge on any atom is -0.469 e. The lowest BCUT2D eigenvalue weighted by Crippen LogP contribution is -2.36. The molecule has 0 rings (SSSR count). The molecule has 0 aromatic heterocycles. The molecule has 0 aliphatic heterocycles. The predicted octanol–water partition coefficient (Wildman–Crippen LogP) is -1.39. The molecule has 0 aliphatic rings. The zero-order valence-electron chi connectivity index (χ0n) is 9.28. The summed E-state index contributed by atoms with van der Waals surface area (Å²) >= 11 is 0. The highest BCUT2D eigenvalue weighted by Crippen LogP contribution is 1.96. The van der Waals surface area contributed by atoms with Crippen molar-refractivity contribution in [3.63, 3.8) is 0 Å². The summed E-state index contributed by atoms with van der Waals surface area (Å²) in [6.07, 6.45) is 0.202. The molecular weight excluding hydrogens is 236 g/mol. The molecule has 94 valence electrons. The van der Waals surface area contributed by atoms with Gasteiger partial charge in [0.25, 0.3) is 0 Å². The van der Waals surface area contributed by atoms with Gasteiger partial charge in [0.15, 0.2) is 0 Å². The Balaban J connectivity index is 3.88. The molecule has 0 unspecified atom stereocenters. The first-order valence-electron chi connectivity index (χ1n) is 4.66. The van der Waals surface area contributed by atoms with Crippen LogP contribution in [-0.4, -0.2) is 46.7 Å². The quantitative estimate of drug-likeness (QED) is 0.543. The summed E-state index contributed by atoms with van der Waals surface area (Å²) in [4.78, 5) is 21.5. The monoisotopic (exact) mass is 252 g/mol. The number of esters is 1. The Labute approximate surface area is 94.6 Å². The number of nitrogens with one attached hydrogen (secondary N) is 2. The topological polar surface area (TPSA) is 102 Å². The molecule has 2 N–H and O–H groups in total.